The van der Waals surface area contributed by atoms with Gasteiger partial charge in [0.15, 0.2) is 0 Å². The van der Waals surface area contributed by atoms with Gasteiger partial charge in [-0.3, -0.25) is 0 Å². The molecule has 0 saturated carbocycles. The highest BCUT2D eigenvalue weighted by Crippen LogP contribution is 2.28. The molecule has 0 unspecified atom stereocenters. The van der Waals surface area contributed by atoms with Crippen LogP contribution in [0, 0.1) is 17.1 Å². The molecule has 0 aliphatic carbocycles. The third-order valence-corrected chi connectivity index (χ3v) is 2.65. The van der Waals surface area contributed by atoms with Gasteiger partial charge in [-0.25, -0.2) is 4.39 Å². The van der Waals surface area contributed by atoms with Gasteiger partial charge >= 0.3 is 0 Å². The summed E-state index contributed by atoms with van der Waals surface area (Å²) < 4.78 is 19.2. The van der Waals surface area contributed by atoms with Gasteiger partial charge in [0.05, 0.1) is 11.7 Å². The van der Waals surface area contributed by atoms with E-state index in [2.05, 4.69) is 6.07 Å². The van der Waals surface area contributed by atoms with E-state index < -0.39 is 0 Å². The molecule has 2 nitrogen and oxygen atoms in total. The zero-order chi connectivity index (χ0) is 13.8. The number of hydrogen-bond acceptors (Lipinski definition) is 2. The molecule has 2 aromatic carbocycles. The van der Waals surface area contributed by atoms with Gasteiger partial charge in [-0.1, -0.05) is 24.3 Å². The summed E-state index contributed by atoms with van der Waals surface area (Å²) in [5, 5.41) is 9.15. The van der Waals surface area contributed by atoms with Crippen molar-refractivity contribution < 1.29 is 9.13 Å². The van der Waals surface area contributed by atoms with Crippen LogP contribution in [0.3, 0.4) is 0 Å². The molecule has 0 N–H and O–H groups in total. The van der Waals surface area contributed by atoms with Crippen LogP contribution in [0.25, 0.3) is 11.1 Å². The second kappa shape index (κ2) is 5.53. The van der Waals surface area contributed by atoms with Crippen LogP contribution in [0.1, 0.15) is 19.4 Å². The van der Waals surface area contributed by atoms with Gasteiger partial charge in [0.25, 0.3) is 0 Å². The molecule has 0 heterocycles. The van der Waals surface area contributed by atoms with Crippen LogP contribution in [0.2, 0.25) is 0 Å². The lowest BCUT2D eigenvalue weighted by Crippen LogP contribution is -2.06. The summed E-state index contributed by atoms with van der Waals surface area (Å²) in [6, 6.07) is 13.7. The van der Waals surface area contributed by atoms with Crippen LogP contribution >= 0.6 is 0 Å². The largest absolute Gasteiger partial charge is 0.490 e. The minimum atomic E-state index is -0.302. The van der Waals surface area contributed by atoms with Crippen LogP contribution in [-0.2, 0) is 0 Å². The summed E-state index contributed by atoms with van der Waals surface area (Å²) >= 11 is 0. The number of nitriles is 1. The van der Waals surface area contributed by atoms with E-state index >= 15 is 0 Å². The van der Waals surface area contributed by atoms with Crippen LogP contribution in [0.15, 0.2) is 42.5 Å². The maximum absolute atomic E-state index is 13.7. The minimum Gasteiger partial charge on any atom is -0.490 e. The van der Waals surface area contributed by atoms with Crippen molar-refractivity contribution in [3.63, 3.8) is 0 Å². The Morgan fingerprint density at radius 2 is 1.89 bits per heavy atom. The predicted octanol–water partition coefficient (Wildman–Crippen LogP) is 4.15. The van der Waals surface area contributed by atoms with Crippen molar-refractivity contribution in [2.45, 2.75) is 20.0 Å². The highest BCUT2D eigenvalue weighted by atomic mass is 19.1. The summed E-state index contributed by atoms with van der Waals surface area (Å²) in [5.41, 5.74) is 1.57. The van der Waals surface area contributed by atoms with E-state index in [1.165, 1.54) is 6.07 Å². The van der Waals surface area contributed by atoms with Gasteiger partial charge in [-0.2, -0.15) is 5.26 Å². The molecular formula is C16H14FNO. The number of benzene rings is 2. The first-order valence-corrected chi connectivity index (χ1v) is 6.07. The maximum atomic E-state index is 13.7. The normalized spacial score (nSPS) is 10.3. The zero-order valence-electron chi connectivity index (χ0n) is 10.9. The number of rotatable bonds is 3. The Labute approximate surface area is 112 Å². The van der Waals surface area contributed by atoms with Crippen molar-refractivity contribution in [3.8, 4) is 22.9 Å². The first kappa shape index (κ1) is 13.1. The summed E-state index contributed by atoms with van der Waals surface area (Å²) in [6.07, 6.45) is -0.00795. The Hall–Kier alpha value is -2.34. The molecule has 3 heteroatoms. The molecule has 0 fully saturated rings. The topological polar surface area (TPSA) is 33.0 Å². The predicted molar refractivity (Wildman–Crippen MR) is 72.3 cm³/mol. The molecule has 0 radical (unpaired) electrons. The SMILES string of the molecule is CC(C)Oc1ccc(-c2ccccc2F)cc1C#N. The Kier molecular flexibility index (Phi) is 3.82. The van der Waals surface area contributed by atoms with Crippen LogP contribution in [0.5, 0.6) is 5.75 Å². The van der Waals surface area contributed by atoms with Gasteiger partial charge in [-0.15, -0.1) is 0 Å². The average Bonchev–Trinajstić information content (AvgIpc) is 2.39. The Bertz CT molecular complexity index is 629. The molecule has 19 heavy (non-hydrogen) atoms. The van der Waals surface area contributed by atoms with E-state index in [0.29, 0.717) is 22.4 Å². The molecular weight excluding hydrogens is 241 g/mol. The lowest BCUT2D eigenvalue weighted by molar-refractivity contribution is 0.242. The molecule has 0 atom stereocenters. The Morgan fingerprint density at radius 1 is 1.16 bits per heavy atom. The summed E-state index contributed by atoms with van der Waals surface area (Å²) in [6.45, 7) is 3.79. The molecule has 96 valence electrons. The van der Waals surface area contributed by atoms with Gasteiger partial charge in [-0.05, 0) is 37.6 Å². The van der Waals surface area contributed by atoms with E-state index in [1.54, 1.807) is 36.4 Å². The average molecular weight is 255 g/mol. The molecule has 0 saturated heterocycles. The van der Waals surface area contributed by atoms with E-state index in [9.17, 15) is 4.39 Å². The van der Waals surface area contributed by atoms with Gasteiger partial charge in [0.1, 0.15) is 17.6 Å². The zero-order valence-corrected chi connectivity index (χ0v) is 10.9. The smallest absolute Gasteiger partial charge is 0.137 e. The molecule has 2 aromatic rings. The van der Waals surface area contributed by atoms with Crippen molar-refractivity contribution >= 4 is 0 Å². The molecule has 0 bridgehead atoms. The van der Waals surface area contributed by atoms with Crippen molar-refractivity contribution in [2.24, 2.45) is 0 Å². The first-order chi connectivity index (χ1) is 9.11. The van der Waals surface area contributed by atoms with Gasteiger partial charge < -0.3 is 4.74 Å². The fourth-order valence-corrected chi connectivity index (χ4v) is 1.84. The van der Waals surface area contributed by atoms with Gasteiger partial charge in [0.2, 0.25) is 0 Å². The van der Waals surface area contributed by atoms with Crippen LogP contribution < -0.4 is 4.74 Å². The second-order valence-corrected chi connectivity index (χ2v) is 4.47. The maximum Gasteiger partial charge on any atom is 0.137 e. The second-order valence-electron chi connectivity index (χ2n) is 4.47. The van der Waals surface area contributed by atoms with Crippen molar-refractivity contribution in [1.29, 1.82) is 5.26 Å². The van der Waals surface area contributed by atoms with Crippen molar-refractivity contribution in [2.75, 3.05) is 0 Å². The Balaban J connectivity index is 2.46. The molecule has 0 spiro atoms. The summed E-state index contributed by atoms with van der Waals surface area (Å²) in [5.74, 6) is 0.224. The molecule has 0 aliphatic rings. The van der Waals surface area contributed by atoms with Crippen molar-refractivity contribution in [3.05, 3.63) is 53.8 Å². The monoisotopic (exact) mass is 255 g/mol. The van der Waals surface area contributed by atoms with Gasteiger partial charge in [0, 0.05) is 5.56 Å². The Morgan fingerprint density at radius 3 is 2.53 bits per heavy atom. The van der Waals surface area contributed by atoms with Crippen LogP contribution in [0.4, 0.5) is 4.39 Å². The lowest BCUT2D eigenvalue weighted by atomic mass is 10.0. The standard InChI is InChI=1S/C16H14FNO/c1-11(2)19-16-8-7-12(9-13(16)10-18)14-5-3-4-6-15(14)17/h3-9,11H,1-2H3. The van der Waals surface area contributed by atoms with E-state index in [4.69, 9.17) is 10.00 Å². The quantitative estimate of drug-likeness (QED) is 0.825. The third-order valence-electron chi connectivity index (χ3n) is 2.65. The first-order valence-electron chi connectivity index (χ1n) is 6.07. The van der Waals surface area contributed by atoms with Crippen molar-refractivity contribution in [1.82, 2.24) is 0 Å². The number of ether oxygens (including phenoxy) is 1. The number of nitrogens with zero attached hydrogens (tertiary/aromatic N) is 1. The molecule has 0 amide bonds. The fourth-order valence-electron chi connectivity index (χ4n) is 1.84. The number of halogens is 1. The molecule has 0 aromatic heterocycles. The van der Waals surface area contributed by atoms with E-state index in [1.807, 2.05) is 13.8 Å². The highest BCUT2D eigenvalue weighted by Gasteiger charge is 2.10. The number of hydrogen-bond donors (Lipinski definition) is 0. The van der Waals surface area contributed by atoms with Crippen LogP contribution in [-0.4, -0.2) is 6.10 Å². The summed E-state index contributed by atoms with van der Waals surface area (Å²) in [4.78, 5) is 0. The van der Waals surface area contributed by atoms with E-state index in [0.717, 1.165) is 0 Å². The fraction of sp³-hybridized carbons (Fsp3) is 0.188. The molecule has 0 aliphatic heterocycles. The molecule has 2 rings (SSSR count). The summed E-state index contributed by atoms with van der Waals surface area (Å²) in [7, 11) is 0. The minimum absolute atomic E-state index is 0.00795. The highest BCUT2D eigenvalue weighted by molar-refractivity contribution is 5.67. The third kappa shape index (κ3) is 2.92. The van der Waals surface area contributed by atoms with E-state index in [-0.39, 0.29) is 11.9 Å². The lowest BCUT2D eigenvalue weighted by Gasteiger charge is -2.12.